The van der Waals surface area contributed by atoms with Gasteiger partial charge in [-0.1, -0.05) is 306 Å². The number of fused-ring (bicyclic) bond motifs is 24. The highest BCUT2D eigenvalue weighted by atomic mass is 15.0. The molecule has 6 nitrogen and oxygen atoms in total. The summed E-state index contributed by atoms with van der Waals surface area (Å²) in [7, 11) is 6.27. The fraction of sp³-hybridized carbons (Fsp3) is 0.135. The third kappa shape index (κ3) is 13.5. The Morgan fingerprint density at radius 3 is 0.667 bits per heavy atom. The van der Waals surface area contributed by atoms with Gasteiger partial charge in [0.15, 0.2) is 17.1 Å². The van der Waals surface area contributed by atoms with Crippen LogP contribution in [-0.4, -0.2) is 15.0 Å². The van der Waals surface area contributed by atoms with Crippen molar-refractivity contribution in [3.05, 3.63) is 373 Å². The summed E-state index contributed by atoms with van der Waals surface area (Å²) in [5.41, 5.74) is 52.1. The third-order valence-electron chi connectivity index (χ3n) is 24.3. The minimum atomic E-state index is 0.403. The quantitative estimate of drug-likeness (QED) is 0.149. The molecule has 0 N–H and O–H groups in total. The van der Waals surface area contributed by atoms with Crippen molar-refractivity contribution in [2.24, 2.45) is 21.1 Å². The van der Waals surface area contributed by atoms with Crippen molar-refractivity contribution in [1.29, 1.82) is 0 Å². The Morgan fingerprint density at radius 1 is 0.197 bits per heavy atom. The Bertz CT molecular complexity index is 6780. The zero-order valence-corrected chi connectivity index (χ0v) is 69.0. The van der Waals surface area contributed by atoms with E-state index in [2.05, 4.69) is 418 Å². The molecule has 0 spiro atoms. The summed E-state index contributed by atoms with van der Waals surface area (Å²) < 4.78 is 6.42. The molecule has 20 rings (SSSR count). The lowest BCUT2D eigenvalue weighted by Crippen LogP contribution is -2.31. The van der Waals surface area contributed by atoms with Gasteiger partial charge < -0.3 is 0 Å². The molecule has 17 aromatic rings. The van der Waals surface area contributed by atoms with Crippen molar-refractivity contribution in [3.63, 3.8) is 0 Å². The SMILES string of the molecule is Cc1cc(-c2cc3c(cc2C)-c2ccccc2-c2ccccc2-c2ccccc2-3)[n+](C)cn1.Cc1cc2c(cc1-c1cc(-c3c(C(C)C)cccc3C(C)C)nc[n+]1C)-c1ccccc1-c1ccccc1-c1ccccc1-2.Cc1cc2c(cc1-c1cc(-c3c(C)cccc3C)nc[n+]1C)-c1ccccc1-c1ccccc1-c1ccccc1-2. The lowest BCUT2D eigenvalue weighted by atomic mass is 9.79. The summed E-state index contributed by atoms with van der Waals surface area (Å²) in [6.45, 7) is 22.2. The molecule has 3 aromatic heterocycles. The summed E-state index contributed by atoms with van der Waals surface area (Å²) in [5.74, 6) is 0.807. The Labute approximate surface area is 689 Å². The van der Waals surface area contributed by atoms with Crippen molar-refractivity contribution in [2.45, 2.75) is 81.1 Å². The van der Waals surface area contributed by atoms with Crippen LogP contribution in [0.1, 0.15) is 84.2 Å². The molecule has 3 aliphatic carbocycles. The first kappa shape index (κ1) is 74.7. The molecule has 0 aliphatic heterocycles. The van der Waals surface area contributed by atoms with Crippen LogP contribution in [0, 0.1) is 41.5 Å². The molecule has 0 radical (unpaired) electrons. The van der Waals surface area contributed by atoms with E-state index in [1.165, 1.54) is 206 Å². The van der Waals surface area contributed by atoms with E-state index in [1.54, 1.807) is 0 Å². The van der Waals surface area contributed by atoms with Gasteiger partial charge in [-0.05, 0) is 247 Å². The molecular formula is C111H95N6+3. The number of hydrogen-bond donors (Lipinski definition) is 0. The maximum atomic E-state index is 5.02. The normalized spacial score (nSPS) is 11.6. The van der Waals surface area contributed by atoms with Gasteiger partial charge in [-0.15, -0.1) is 0 Å². The van der Waals surface area contributed by atoms with E-state index in [4.69, 9.17) is 9.97 Å². The maximum Gasteiger partial charge on any atom is 0.287 e. The molecule has 0 amide bonds. The Hall–Kier alpha value is -13.7. The molecule has 0 saturated heterocycles. The van der Waals surface area contributed by atoms with E-state index in [0.717, 1.165) is 28.5 Å². The molecule has 6 heteroatoms. The monoisotopic (exact) mass is 1510 g/mol. The van der Waals surface area contributed by atoms with Crippen LogP contribution in [-0.2, 0) is 21.1 Å². The standard InChI is InChI=1S/C42H39N2.C38H31N2.C31H25N2/c1-26(2)29-20-13-21-30(27(3)4)42(29)40-24-41(44(6)25-43-40)37-23-39-36-19-12-10-17-34(36)32-15-8-7-14-31(32)33-16-9-11-18-35(33)38(39)22-28(37)5;1-24-12-11-13-25(2)38(24)36-22-37(40(4)23-39-36)33-21-35-32-19-10-8-17-30(32)28-15-6-5-14-27(28)29-16-7-9-18-31(29)34(35)20-26(33)3;1-20-16-29-26-14-8-6-12-24(26)22-10-4-5-11-23(22)25-13-7-9-15-27(25)30(29)18-28(20)31-17-21(2)32-19-33(31)3/h7-27H,1-6H3;5-23H,1-4H3;4-19H,1-3H3/q3*+1. The van der Waals surface area contributed by atoms with Crippen molar-refractivity contribution in [1.82, 2.24) is 15.0 Å². The molecule has 3 heterocycles. The van der Waals surface area contributed by atoms with Crippen LogP contribution in [0.15, 0.2) is 328 Å². The molecule has 0 atom stereocenters. The van der Waals surface area contributed by atoms with Crippen LogP contribution in [0.4, 0.5) is 0 Å². The number of aromatic nitrogens is 6. The molecule has 117 heavy (non-hydrogen) atoms. The largest absolute Gasteiger partial charge is 0.287 e. The van der Waals surface area contributed by atoms with Crippen molar-refractivity contribution in [3.8, 4) is 190 Å². The average Bonchev–Trinajstić information content (AvgIpc) is 0.746. The second kappa shape index (κ2) is 30.9. The predicted molar refractivity (Wildman–Crippen MR) is 486 cm³/mol. The first-order chi connectivity index (χ1) is 57.0. The highest BCUT2D eigenvalue weighted by Gasteiger charge is 2.31. The number of hydrogen-bond acceptors (Lipinski definition) is 3. The first-order valence-corrected chi connectivity index (χ1v) is 41.0. The molecule has 0 saturated carbocycles. The molecule has 3 aliphatic rings. The van der Waals surface area contributed by atoms with E-state index < -0.39 is 0 Å². The van der Waals surface area contributed by atoms with Gasteiger partial charge in [-0.3, -0.25) is 0 Å². The van der Waals surface area contributed by atoms with Gasteiger partial charge in [0.25, 0.3) is 19.0 Å². The van der Waals surface area contributed by atoms with E-state index in [1.807, 2.05) is 19.0 Å². The van der Waals surface area contributed by atoms with Crippen LogP contribution in [0.25, 0.3) is 190 Å². The van der Waals surface area contributed by atoms with Crippen molar-refractivity contribution >= 4 is 0 Å². The summed E-state index contributed by atoms with van der Waals surface area (Å²) in [4.78, 5) is 14.3. The van der Waals surface area contributed by atoms with Gasteiger partial charge in [0.05, 0.1) is 21.1 Å². The second-order valence-electron chi connectivity index (χ2n) is 32.5. The molecule has 0 fully saturated rings. The van der Waals surface area contributed by atoms with Gasteiger partial charge in [0.2, 0.25) is 0 Å². The minimum absolute atomic E-state index is 0.403. The average molecular weight is 1510 g/mol. The Balaban J connectivity index is 0.000000122. The number of rotatable bonds is 7. The van der Waals surface area contributed by atoms with Crippen LogP contribution in [0.2, 0.25) is 0 Å². The molecule has 14 aromatic carbocycles. The van der Waals surface area contributed by atoms with Gasteiger partial charge in [-0.2, -0.15) is 0 Å². The third-order valence-corrected chi connectivity index (χ3v) is 24.3. The number of aryl methyl sites for hydroxylation is 9. The van der Waals surface area contributed by atoms with Gasteiger partial charge >= 0.3 is 0 Å². The highest BCUT2D eigenvalue weighted by Crippen LogP contribution is 2.54. The first-order valence-electron chi connectivity index (χ1n) is 41.0. The van der Waals surface area contributed by atoms with E-state index in [9.17, 15) is 0 Å². The second-order valence-corrected chi connectivity index (χ2v) is 32.5. The zero-order valence-electron chi connectivity index (χ0n) is 69.0. The van der Waals surface area contributed by atoms with Crippen LogP contribution in [0.3, 0.4) is 0 Å². The molecule has 0 bridgehead atoms. The smallest absolute Gasteiger partial charge is 0.233 e. The lowest BCUT2D eigenvalue weighted by Gasteiger charge is -2.24. The fourth-order valence-corrected chi connectivity index (χ4v) is 18.5. The molecule has 566 valence electrons. The van der Waals surface area contributed by atoms with Gasteiger partial charge in [0, 0.05) is 52.9 Å². The molecule has 0 unspecified atom stereocenters. The van der Waals surface area contributed by atoms with Crippen molar-refractivity contribution in [2.75, 3.05) is 0 Å². The van der Waals surface area contributed by atoms with E-state index in [-0.39, 0.29) is 0 Å². The van der Waals surface area contributed by atoms with Gasteiger partial charge in [-0.25, -0.2) is 13.7 Å². The van der Waals surface area contributed by atoms with E-state index >= 15 is 0 Å². The Morgan fingerprint density at radius 2 is 0.410 bits per heavy atom. The lowest BCUT2D eigenvalue weighted by molar-refractivity contribution is -0.663. The van der Waals surface area contributed by atoms with E-state index in [0.29, 0.717) is 11.8 Å². The predicted octanol–water partition coefficient (Wildman–Crippen LogP) is 27.1. The summed E-state index contributed by atoms with van der Waals surface area (Å²) in [6, 6.07) is 114. The summed E-state index contributed by atoms with van der Waals surface area (Å²) >= 11 is 0. The maximum absolute atomic E-state index is 5.02. The van der Waals surface area contributed by atoms with Crippen LogP contribution < -0.4 is 13.7 Å². The zero-order chi connectivity index (χ0) is 80.4. The summed E-state index contributed by atoms with van der Waals surface area (Å²) in [6.07, 6.45) is 5.84. The van der Waals surface area contributed by atoms with Gasteiger partial charge in [0.1, 0.15) is 17.1 Å². The molecular weight excluding hydrogens is 1420 g/mol. The highest BCUT2D eigenvalue weighted by molar-refractivity contribution is 6.08. The number of benzene rings is 14. The van der Waals surface area contributed by atoms with Crippen LogP contribution >= 0.6 is 0 Å². The Kier molecular flexibility index (Phi) is 19.7. The fourth-order valence-electron chi connectivity index (χ4n) is 18.5. The van der Waals surface area contributed by atoms with Crippen molar-refractivity contribution < 1.29 is 13.7 Å². The number of nitrogens with zero attached hydrogens (tertiary/aromatic N) is 6. The topological polar surface area (TPSA) is 50.3 Å². The summed E-state index contributed by atoms with van der Waals surface area (Å²) in [5, 5.41) is 0. The van der Waals surface area contributed by atoms with Crippen LogP contribution in [0.5, 0.6) is 0 Å². The minimum Gasteiger partial charge on any atom is -0.233 e.